The fraction of sp³-hybridized carbons (Fsp3) is 0.667. The van der Waals surface area contributed by atoms with Crippen LogP contribution in [0.4, 0.5) is 0 Å². The zero-order valence-corrected chi connectivity index (χ0v) is 13.3. The topological polar surface area (TPSA) is 15.3 Å². The Morgan fingerprint density at radius 1 is 1.41 bits per heavy atom. The maximum absolute atomic E-state index is 6.14. The van der Waals surface area contributed by atoms with E-state index in [-0.39, 0.29) is 11.6 Å². The maximum Gasteiger partial charge on any atom is 0.0991 e. The van der Waals surface area contributed by atoms with Crippen molar-refractivity contribution in [1.29, 1.82) is 0 Å². The highest BCUT2D eigenvalue weighted by Gasteiger charge is 2.22. The summed E-state index contributed by atoms with van der Waals surface area (Å²) in [5, 5.41) is 3.50. The summed E-state index contributed by atoms with van der Waals surface area (Å²) in [6.07, 6.45) is 0. The van der Waals surface area contributed by atoms with Crippen molar-refractivity contribution >= 4 is 34.5 Å². The lowest BCUT2D eigenvalue weighted by Gasteiger charge is -2.34. The van der Waals surface area contributed by atoms with E-state index in [1.54, 1.807) is 0 Å². The molecule has 2 nitrogen and oxygen atoms in total. The van der Waals surface area contributed by atoms with Crippen molar-refractivity contribution in [3.63, 3.8) is 0 Å². The number of nitrogens with one attached hydrogen (secondary N) is 1. The lowest BCUT2D eigenvalue weighted by atomic mass is 10.0. The van der Waals surface area contributed by atoms with E-state index < -0.39 is 0 Å². The normalized spacial score (nSPS) is 14.4. The van der Waals surface area contributed by atoms with E-state index in [1.807, 2.05) is 6.07 Å². The molecule has 1 aromatic rings. The van der Waals surface area contributed by atoms with Gasteiger partial charge in [-0.1, -0.05) is 23.2 Å². The second-order valence-corrected chi connectivity index (χ2v) is 7.37. The molecule has 1 atom stereocenters. The van der Waals surface area contributed by atoms with Gasteiger partial charge in [0.1, 0.15) is 0 Å². The first kappa shape index (κ1) is 15.3. The van der Waals surface area contributed by atoms with E-state index in [4.69, 9.17) is 23.2 Å². The van der Waals surface area contributed by atoms with Gasteiger partial charge in [-0.3, -0.25) is 0 Å². The van der Waals surface area contributed by atoms with E-state index in [0.717, 1.165) is 20.8 Å². The van der Waals surface area contributed by atoms with E-state index >= 15 is 0 Å². The highest BCUT2D eigenvalue weighted by Crippen LogP contribution is 2.34. The highest BCUT2D eigenvalue weighted by atomic mass is 35.5. The molecule has 5 heteroatoms. The summed E-state index contributed by atoms with van der Waals surface area (Å²) < 4.78 is 1.52. The van der Waals surface area contributed by atoms with Crippen molar-refractivity contribution in [3.8, 4) is 0 Å². The molecule has 1 N–H and O–H groups in total. The van der Waals surface area contributed by atoms with Gasteiger partial charge in [0.2, 0.25) is 0 Å². The third-order valence-electron chi connectivity index (χ3n) is 3.20. The van der Waals surface area contributed by atoms with E-state index in [0.29, 0.717) is 0 Å². The number of hydrogen-bond donors (Lipinski definition) is 1. The van der Waals surface area contributed by atoms with Crippen LogP contribution < -0.4 is 5.32 Å². The summed E-state index contributed by atoms with van der Waals surface area (Å²) >= 11 is 13.5. The average Bonchev–Trinajstić information content (AvgIpc) is 2.54. The fourth-order valence-corrected chi connectivity index (χ4v) is 2.96. The first-order valence-corrected chi connectivity index (χ1v) is 7.17. The molecule has 0 fully saturated rings. The summed E-state index contributed by atoms with van der Waals surface area (Å²) in [4.78, 5) is 2.20. The predicted molar refractivity (Wildman–Crippen MR) is 78.5 cm³/mol. The van der Waals surface area contributed by atoms with Crippen LogP contribution in [0.25, 0.3) is 0 Å². The second kappa shape index (κ2) is 5.89. The largest absolute Gasteiger partial charge is 0.308 e. The minimum Gasteiger partial charge on any atom is -0.308 e. The first-order valence-electron chi connectivity index (χ1n) is 5.59. The Hall–Kier alpha value is 0.200. The predicted octanol–water partition coefficient (Wildman–Crippen LogP) is 4.05. The van der Waals surface area contributed by atoms with Gasteiger partial charge < -0.3 is 10.2 Å². The summed E-state index contributed by atoms with van der Waals surface area (Å²) in [5.74, 6) is 0. The zero-order chi connectivity index (χ0) is 13.2. The lowest BCUT2D eigenvalue weighted by molar-refractivity contribution is 0.185. The van der Waals surface area contributed by atoms with Crippen molar-refractivity contribution in [2.45, 2.75) is 32.4 Å². The smallest absolute Gasteiger partial charge is 0.0991 e. The van der Waals surface area contributed by atoms with Crippen LogP contribution in [0, 0.1) is 0 Å². The van der Waals surface area contributed by atoms with Gasteiger partial charge in [-0.15, -0.1) is 11.3 Å². The number of likely N-dealkylation sites (N-methyl/N-ethyl adjacent to an activating group) is 1. The molecule has 1 aromatic heterocycles. The molecule has 0 radical (unpaired) electrons. The monoisotopic (exact) mass is 294 g/mol. The summed E-state index contributed by atoms with van der Waals surface area (Å²) in [6, 6.07) is 2.15. The lowest BCUT2D eigenvalue weighted by Crippen LogP contribution is -2.47. The molecule has 17 heavy (non-hydrogen) atoms. The second-order valence-electron chi connectivity index (χ2n) is 5.09. The minimum atomic E-state index is 0.112. The van der Waals surface area contributed by atoms with Crippen molar-refractivity contribution in [2.24, 2.45) is 0 Å². The molecule has 98 valence electrons. The molecule has 0 saturated carbocycles. The molecule has 1 rings (SSSR count). The number of thiophene rings is 1. The molecule has 0 aliphatic carbocycles. The third kappa shape index (κ3) is 4.11. The Labute approximate surface area is 118 Å². The van der Waals surface area contributed by atoms with Crippen LogP contribution in [0.15, 0.2) is 6.07 Å². The number of hydrogen-bond acceptors (Lipinski definition) is 3. The molecule has 0 spiro atoms. The molecule has 1 unspecified atom stereocenters. The van der Waals surface area contributed by atoms with Crippen molar-refractivity contribution < 1.29 is 0 Å². The highest BCUT2D eigenvalue weighted by molar-refractivity contribution is 7.20. The van der Waals surface area contributed by atoms with Crippen LogP contribution in [0.5, 0.6) is 0 Å². The molecule has 0 aliphatic rings. The number of rotatable bonds is 5. The van der Waals surface area contributed by atoms with Crippen molar-refractivity contribution in [1.82, 2.24) is 10.2 Å². The van der Waals surface area contributed by atoms with Crippen LogP contribution in [-0.4, -0.2) is 31.1 Å². The Morgan fingerprint density at radius 3 is 2.41 bits per heavy atom. The van der Waals surface area contributed by atoms with E-state index in [9.17, 15) is 0 Å². The van der Waals surface area contributed by atoms with Crippen LogP contribution in [0.2, 0.25) is 8.67 Å². The number of nitrogens with zero attached hydrogens (tertiary/aromatic N) is 1. The van der Waals surface area contributed by atoms with Gasteiger partial charge in [0.25, 0.3) is 0 Å². The summed E-state index contributed by atoms with van der Waals surface area (Å²) in [5.41, 5.74) is 1.19. The van der Waals surface area contributed by atoms with Gasteiger partial charge in [0.05, 0.1) is 8.67 Å². The van der Waals surface area contributed by atoms with Gasteiger partial charge in [0, 0.05) is 18.1 Å². The summed E-state index contributed by atoms with van der Waals surface area (Å²) in [7, 11) is 4.17. The van der Waals surface area contributed by atoms with Crippen LogP contribution in [0.1, 0.15) is 32.4 Å². The fourth-order valence-electron chi connectivity index (χ4n) is 1.32. The molecule has 0 aliphatic heterocycles. The number of halogens is 2. The quantitative estimate of drug-likeness (QED) is 0.881. The van der Waals surface area contributed by atoms with Crippen molar-refractivity contribution in [2.75, 3.05) is 20.6 Å². The molecule has 0 amide bonds. The van der Waals surface area contributed by atoms with E-state index in [2.05, 4.69) is 45.1 Å². The van der Waals surface area contributed by atoms with Crippen LogP contribution in [0.3, 0.4) is 0 Å². The standard InChI is InChI=1S/C12H20Cl2N2S/c1-8(9-6-10(13)17-11(9)14)15-7-12(2,3)16(4)5/h6,8,15H,7H2,1-5H3. The average molecular weight is 295 g/mol. The molecule has 0 saturated heterocycles. The van der Waals surface area contributed by atoms with Gasteiger partial charge in [0.15, 0.2) is 0 Å². The first-order chi connectivity index (χ1) is 7.74. The molecular formula is C12H20Cl2N2S. The Bertz CT molecular complexity index is 375. The molecule has 0 bridgehead atoms. The Morgan fingerprint density at radius 2 is 2.00 bits per heavy atom. The molecule has 0 aromatic carbocycles. The molecule has 1 heterocycles. The Balaban J connectivity index is 2.62. The van der Waals surface area contributed by atoms with Crippen LogP contribution in [-0.2, 0) is 0 Å². The molecular weight excluding hydrogens is 275 g/mol. The van der Waals surface area contributed by atoms with Gasteiger partial charge >= 0.3 is 0 Å². The Kier molecular flexibility index (Phi) is 5.29. The zero-order valence-electron chi connectivity index (χ0n) is 11.0. The summed E-state index contributed by atoms with van der Waals surface area (Å²) in [6.45, 7) is 7.41. The maximum atomic E-state index is 6.14. The van der Waals surface area contributed by atoms with Crippen molar-refractivity contribution in [3.05, 3.63) is 20.3 Å². The van der Waals surface area contributed by atoms with Gasteiger partial charge in [-0.25, -0.2) is 0 Å². The minimum absolute atomic E-state index is 0.112. The van der Waals surface area contributed by atoms with Gasteiger partial charge in [-0.05, 0) is 46.5 Å². The van der Waals surface area contributed by atoms with Crippen LogP contribution >= 0.6 is 34.5 Å². The SMILES string of the molecule is CC(NCC(C)(C)N(C)C)c1cc(Cl)sc1Cl. The third-order valence-corrected chi connectivity index (χ3v) is 4.72. The van der Waals surface area contributed by atoms with E-state index in [1.165, 1.54) is 11.3 Å². The van der Waals surface area contributed by atoms with Gasteiger partial charge in [-0.2, -0.15) is 0 Å².